The van der Waals surface area contributed by atoms with Crippen LogP contribution in [0.5, 0.6) is 0 Å². The number of ether oxygens (including phenoxy) is 1. The average molecular weight is 220 g/mol. The van der Waals surface area contributed by atoms with Crippen LogP contribution < -0.4 is 5.73 Å². The van der Waals surface area contributed by atoms with E-state index < -0.39 is 6.03 Å². The third kappa shape index (κ3) is 2.33. The molecule has 0 saturated carbocycles. The highest BCUT2D eigenvalue weighted by Crippen LogP contribution is 2.20. The predicted octanol–water partition coefficient (Wildman–Crippen LogP) is 1.14. The minimum Gasteiger partial charge on any atom is -0.371 e. The van der Waals surface area contributed by atoms with Gasteiger partial charge in [0.1, 0.15) is 0 Å². The van der Waals surface area contributed by atoms with Crippen LogP contribution in [0.4, 0.5) is 4.79 Å². The second kappa shape index (κ2) is 4.53. The molecule has 0 aliphatic carbocycles. The Labute approximate surface area is 95.0 Å². The van der Waals surface area contributed by atoms with Crippen molar-refractivity contribution < 1.29 is 9.53 Å². The van der Waals surface area contributed by atoms with E-state index in [0.29, 0.717) is 13.2 Å². The zero-order chi connectivity index (χ0) is 11.5. The summed E-state index contributed by atoms with van der Waals surface area (Å²) in [6.07, 6.45) is 0.890. The van der Waals surface area contributed by atoms with Gasteiger partial charge in [-0.25, -0.2) is 4.79 Å². The number of hydrogen-bond donors (Lipinski definition) is 1. The Morgan fingerprint density at radius 1 is 1.50 bits per heavy atom. The van der Waals surface area contributed by atoms with Crippen LogP contribution in [0.1, 0.15) is 11.1 Å². The van der Waals surface area contributed by atoms with Gasteiger partial charge >= 0.3 is 6.03 Å². The summed E-state index contributed by atoms with van der Waals surface area (Å²) in [6, 6.07) is 7.80. The third-order valence-corrected chi connectivity index (χ3v) is 2.89. The van der Waals surface area contributed by atoms with Crippen molar-refractivity contribution in [3.8, 4) is 0 Å². The van der Waals surface area contributed by atoms with Crippen LogP contribution in [0.3, 0.4) is 0 Å². The SMILES string of the molecule is CN(CC1Cc2ccccc2CO1)C(N)=O. The molecule has 2 rings (SSSR count). The molecule has 2 N–H and O–H groups in total. The van der Waals surface area contributed by atoms with Crippen LogP contribution in [0.15, 0.2) is 24.3 Å². The van der Waals surface area contributed by atoms with E-state index >= 15 is 0 Å². The Balaban J connectivity index is 2.00. The van der Waals surface area contributed by atoms with E-state index in [9.17, 15) is 4.79 Å². The number of carbonyl (C=O) groups excluding carboxylic acids is 1. The molecule has 1 heterocycles. The molecular weight excluding hydrogens is 204 g/mol. The maximum absolute atomic E-state index is 10.9. The Kier molecular flexibility index (Phi) is 3.10. The molecule has 0 radical (unpaired) electrons. The van der Waals surface area contributed by atoms with Crippen molar-refractivity contribution in [2.24, 2.45) is 5.73 Å². The van der Waals surface area contributed by atoms with Crippen LogP contribution in [0.25, 0.3) is 0 Å². The first-order valence-electron chi connectivity index (χ1n) is 5.36. The molecule has 4 nitrogen and oxygen atoms in total. The van der Waals surface area contributed by atoms with Crippen LogP contribution >= 0.6 is 0 Å². The lowest BCUT2D eigenvalue weighted by Crippen LogP contribution is -2.40. The maximum atomic E-state index is 10.9. The van der Waals surface area contributed by atoms with Gasteiger partial charge in [0.15, 0.2) is 0 Å². The lowest BCUT2D eigenvalue weighted by atomic mass is 9.99. The van der Waals surface area contributed by atoms with Crippen molar-refractivity contribution in [1.29, 1.82) is 0 Å². The molecule has 0 bridgehead atoms. The molecular formula is C12H16N2O2. The van der Waals surface area contributed by atoms with Crippen LogP contribution in [0, 0.1) is 0 Å². The summed E-state index contributed by atoms with van der Waals surface area (Å²) in [5.41, 5.74) is 7.72. The summed E-state index contributed by atoms with van der Waals surface area (Å²) in [4.78, 5) is 12.4. The molecule has 1 aliphatic heterocycles. The monoisotopic (exact) mass is 220 g/mol. The van der Waals surface area contributed by atoms with Gasteiger partial charge in [0.2, 0.25) is 0 Å². The molecule has 0 fully saturated rings. The van der Waals surface area contributed by atoms with Gasteiger partial charge in [0.25, 0.3) is 0 Å². The Morgan fingerprint density at radius 3 is 2.88 bits per heavy atom. The van der Waals surface area contributed by atoms with E-state index in [2.05, 4.69) is 12.1 Å². The van der Waals surface area contributed by atoms with Gasteiger partial charge < -0.3 is 15.4 Å². The molecule has 0 aromatic heterocycles. The Morgan fingerprint density at radius 2 is 2.19 bits per heavy atom. The highest BCUT2D eigenvalue weighted by Gasteiger charge is 2.20. The van der Waals surface area contributed by atoms with Crippen molar-refractivity contribution in [1.82, 2.24) is 4.90 Å². The average Bonchev–Trinajstić information content (AvgIpc) is 2.28. The zero-order valence-corrected chi connectivity index (χ0v) is 9.35. The summed E-state index contributed by atoms with van der Waals surface area (Å²) < 4.78 is 5.68. The van der Waals surface area contributed by atoms with Crippen molar-refractivity contribution in [2.75, 3.05) is 13.6 Å². The number of primary amides is 1. The summed E-state index contributed by atoms with van der Waals surface area (Å²) in [5, 5.41) is 0. The number of nitrogens with two attached hydrogens (primary N) is 1. The van der Waals surface area contributed by atoms with Crippen molar-refractivity contribution in [2.45, 2.75) is 19.1 Å². The van der Waals surface area contributed by atoms with Gasteiger partial charge in [-0.3, -0.25) is 0 Å². The van der Waals surface area contributed by atoms with E-state index in [0.717, 1.165) is 6.42 Å². The van der Waals surface area contributed by atoms with Gasteiger partial charge in [-0.05, 0) is 11.1 Å². The molecule has 0 saturated heterocycles. The molecule has 0 spiro atoms. The maximum Gasteiger partial charge on any atom is 0.314 e. The zero-order valence-electron chi connectivity index (χ0n) is 9.35. The number of benzene rings is 1. The van der Waals surface area contributed by atoms with Gasteiger partial charge in [-0.2, -0.15) is 0 Å². The number of amides is 2. The molecule has 1 aromatic carbocycles. The number of hydrogen-bond acceptors (Lipinski definition) is 2. The lowest BCUT2D eigenvalue weighted by molar-refractivity contribution is 0.0156. The Bertz CT molecular complexity index is 392. The molecule has 86 valence electrons. The predicted molar refractivity (Wildman–Crippen MR) is 60.9 cm³/mol. The van der Waals surface area contributed by atoms with Gasteiger partial charge in [-0.15, -0.1) is 0 Å². The van der Waals surface area contributed by atoms with E-state index in [1.807, 2.05) is 12.1 Å². The molecule has 1 unspecified atom stereocenters. The highest BCUT2D eigenvalue weighted by atomic mass is 16.5. The topological polar surface area (TPSA) is 55.6 Å². The highest BCUT2D eigenvalue weighted by molar-refractivity contribution is 5.71. The molecule has 1 atom stereocenters. The first-order valence-corrected chi connectivity index (χ1v) is 5.36. The molecule has 1 aromatic rings. The summed E-state index contributed by atoms with van der Waals surface area (Å²) >= 11 is 0. The van der Waals surface area contributed by atoms with Crippen LogP contribution in [0.2, 0.25) is 0 Å². The number of fused-ring (bicyclic) bond motifs is 1. The fraction of sp³-hybridized carbons (Fsp3) is 0.417. The molecule has 2 amide bonds. The largest absolute Gasteiger partial charge is 0.371 e. The minimum atomic E-state index is -0.414. The smallest absolute Gasteiger partial charge is 0.314 e. The summed E-state index contributed by atoms with van der Waals surface area (Å²) in [7, 11) is 1.69. The third-order valence-electron chi connectivity index (χ3n) is 2.89. The fourth-order valence-corrected chi connectivity index (χ4v) is 1.92. The van der Waals surface area contributed by atoms with Gasteiger partial charge in [-0.1, -0.05) is 24.3 Å². The molecule has 4 heteroatoms. The second-order valence-electron chi connectivity index (χ2n) is 4.12. The fourth-order valence-electron chi connectivity index (χ4n) is 1.92. The van der Waals surface area contributed by atoms with Crippen molar-refractivity contribution in [3.63, 3.8) is 0 Å². The first kappa shape index (κ1) is 11.0. The van der Waals surface area contributed by atoms with E-state index in [4.69, 9.17) is 10.5 Å². The standard InChI is InChI=1S/C12H16N2O2/c1-14(12(13)15)7-11-6-9-4-2-3-5-10(9)8-16-11/h2-5,11H,6-8H2,1H3,(H2,13,15). The van der Waals surface area contributed by atoms with Crippen LogP contribution in [-0.4, -0.2) is 30.6 Å². The van der Waals surface area contributed by atoms with Crippen molar-refractivity contribution in [3.05, 3.63) is 35.4 Å². The number of nitrogens with zero attached hydrogens (tertiary/aromatic N) is 1. The second-order valence-corrected chi connectivity index (χ2v) is 4.12. The number of carbonyl (C=O) groups is 1. The summed E-state index contributed by atoms with van der Waals surface area (Å²) in [5.74, 6) is 0. The molecule has 1 aliphatic rings. The normalized spacial score (nSPS) is 18.9. The number of rotatable bonds is 2. The lowest BCUT2D eigenvalue weighted by Gasteiger charge is -2.28. The Hall–Kier alpha value is -1.55. The van der Waals surface area contributed by atoms with Crippen molar-refractivity contribution >= 4 is 6.03 Å². The first-order chi connectivity index (χ1) is 7.66. The summed E-state index contributed by atoms with van der Waals surface area (Å²) in [6.45, 7) is 1.16. The number of likely N-dealkylation sites (N-methyl/N-ethyl adjacent to an activating group) is 1. The van der Waals surface area contributed by atoms with E-state index in [1.165, 1.54) is 16.0 Å². The van der Waals surface area contributed by atoms with E-state index in [1.54, 1.807) is 7.05 Å². The quantitative estimate of drug-likeness (QED) is 0.812. The number of urea groups is 1. The molecule has 16 heavy (non-hydrogen) atoms. The van der Waals surface area contributed by atoms with E-state index in [-0.39, 0.29) is 6.10 Å². The van der Waals surface area contributed by atoms with Gasteiger partial charge in [0.05, 0.1) is 12.7 Å². The minimum absolute atomic E-state index is 0.0485. The van der Waals surface area contributed by atoms with Crippen LogP contribution in [-0.2, 0) is 17.8 Å². The van der Waals surface area contributed by atoms with Gasteiger partial charge in [0, 0.05) is 20.0 Å².